The molecule has 0 aliphatic carbocycles. The van der Waals surface area contributed by atoms with Gasteiger partial charge in [-0.15, -0.1) is 0 Å². The predicted molar refractivity (Wildman–Crippen MR) is 153 cm³/mol. The van der Waals surface area contributed by atoms with E-state index in [1.165, 1.54) is 3.97 Å². The molecule has 4 aromatic carbocycles. The molecule has 0 spiro atoms. The summed E-state index contributed by atoms with van der Waals surface area (Å²) < 4.78 is 35.4. The van der Waals surface area contributed by atoms with Crippen molar-refractivity contribution in [2.75, 3.05) is 5.32 Å². The molecular weight excluding hydrogens is 520 g/mol. The highest BCUT2D eigenvalue weighted by Gasteiger charge is 2.30. The molecule has 1 aromatic heterocycles. The summed E-state index contributed by atoms with van der Waals surface area (Å²) in [6.07, 6.45) is 0. The fraction of sp³-hybridized carbons (Fsp3) is 0.167. The third kappa shape index (κ3) is 4.75. The summed E-state index contributed by atoms with van der Waals surface area (Å²) in [6.45, 7) is 7.13. The summed E-state index contributed by atoms with van der Waals surface area (Å²) in [6, 6.07) is 24.7. The van der Waals surface area contributed by atoms with E-state index in [9.17, 15) is 13.2 Å². The van der Waals surface area contributed by atoms with Crippen LogP contribution in [0.1, 0.15) is 26.3 Å². The average molecular weight is 547 g/mol. The van der Waals surface area contributed by atoms with Gasteiger partial charge in [0, 0.05) is 33.2 Å². The van der Waals surface area contributed by atoms with Crippen molar-refractivity contribution in [1.82, 2.24) is 3.97 Å². The molecule has 0 aliphatic rings. The Morgan fingerprint density at radius 2 is 1.55 bits per heavy atom. The van der Waals surface area contributed by atoms with Gasteiger partial charge in [-0.05, 0) is 76.2 Å². The first-order valence-corrected chi connectivity index (χ1v) is 13.9. The number of carbonyl (C=O) groups excluding carboxylic acids is 1. The molecule has 0 aliphatic heterocycles. The fourth-order valence-corrected chi connectivity index (χ4v) is 5.91. The number of hydrogen-bond acceptors (Lipinski definition) is 5. The Bertz CT molecular complexity index is 1790. The van der Waals surface area contributed by atoms with Crippen molar-refractivity contribution < 1.29 is 17.9 Å². The first kappa shape index (κ1) is 25.8. The van der Waals surface area contributed by atoms with E-state index in [-0.39, 0.29) is 16.2 Å². The fourth-order valence-electron chi connectivity index (χ4n) is 4.20. The molecule has 8 heteroatoms. The highest BCUT2D eigenvalue weighted by molar-refractivity contribution is 7.90. The molecule has 1 N–H and O–H groups in total. The van der Waals surface area contributed by atoms with Crippen molar-refractivity contribution in [1.29, 1.82) is 0 Å². The monoisotopic (exact) mass is 546 g/mol. The van der Waals surface area contributed by atoms with Crippen LogP contribution in [0.2, 0.25) is 5.02 Å². The van der Waals surface area contributed by atoms with Gasteiger partial charge in [0.25, 0.3) is 10.0 Å². The normalized spacial score (nSPS) is 12.1. The van der Waals surface area contributed by atoms with Crippen LogP contribution >= 0.6 is 11.6 Å². The molecule has 0 saturated carbocycles. The number of aromatic nitrogens is 1. The zero-order valence-electron chi connectivity index (χ0n) is 21.4. The molecule has 5 rings (SSSR count). The maximum absolute atomic E-state index is 14.1. The van der Waals surface area contributed by atoms with E-state index in [0.29, 0.717) is 27.0 Å². The topological polar surface area (TPSA) is 77.4 Å². The van der Waals surface area contributed by atoms with Gasteiger partial charge in [-0.25, -0.2) is 12.4 Å². The van der Waals surface area contributed by atoms with Crippen molar-refractivity contribution in [2.24, 2.45) is 5.41 Å². The molecule has 38 heavy (non-hydrogen) atoms. The van der Waals surface area contributed by atoms with Gasteiger partial charge >= 0.3 is 5.97 Å². The molecule has 0 radical (unpaired) electrons. The maximum atomic E-state index is 14.1. The first-order valence-electron chi connectivity index (χ1n) is 12.1. The second kappa shape index (κ2) is 9.49. The maximum Gasteiger partial charge on any atom is 0.316 e. The molecule has 0 amide bonds. The van der Waals surface area contributed by atoms with Crippen LogP contribution in [0, 0.1) is 12.3 Å². The van der Waals surface area contributed by atoms with Crippen molar-refractivity contribution >= 4 is 60.8 Å². The van der Waals surface area contributed by atoms with Crippen LogP contribution in [0.4, 0.5) is 11.4 Å². The second-order valence-corrected chi connectivity index (χ2v) is 12.5. The van der Waals surface area contributed by atoms with Crippen LogP contribution in [-0.2, 0) is 14.8 Å². The third-order valence-corrected chi connectivity index (χ3v) is 8.15. The van der Waals surface area contributed by atoms with E-state index in [2.05, 4.69) is 5.32 Å². The van der Waals surface area contributed by atoms with E-state index < -0.39 is 21.4 Å². The molecule has 0 fully saturated rings. The highest BCUT2D eigenvalue weighted by atomic mass is 35.5. The van der Waals surface area contributed by atoms with E-state index in [1.807, 2.05) is 43.3 Å². The molecule has 6 nitrogen and oxygen atoms in total. The van der Waals surface area contributed by atoms with Gasteiger partial charge in [-0.3, -0.25) is 4.79 Å². The largest absolute Gasteiger partial charge is 0.424 e. The molecule has 5 aromatic rings. The number of hydrogen-bond donors (Lipinski definition) is 1. The SMILES string of the molecule is Cc1ccc(S(=O)(=O)n2c3ccc(Cl)cc3c3cc(Nc4ccccc4)cc(OC(=O)C(C)(C)C)c32)cc1. The summed E-state index contributed by atoms with van der Waals surface area (Å²) in [5.41, 5.74) is 2.27. The number of carbonyl (C=O) groups is 1. The van der Waals surface area contributed by atoms with E-state index in [1.54, 1.807) is 69.3 Å². The number of rotatable bonds is 5. The molecule has 0 bridgehead atoms. The van der Waals surface area contributed by atoms with Crippen molar-refractivity contribution in [3.05, 3.63) is 95.5 Å². The summed E-state index contributed by atoms with van der Waals surface area (Å²) in [4.78, 5) is 13.2. The van der Waals surface area contributed by atoms with Gasteiger partial charge in [0.05, 0.1) is 15.8 Å². The Labute approximate surface area is 226 Å². The molecule has 0 atom stereocenters. The van der Waals surface area contributed by atoms with Gasteiger partial charge in [-0.2, -0.15) is 0 Å². The number of para-hydroxylation sites is 1. The lowest BCUT2D eigenvalue weighted by Crippen LogP contribution is -2.26. The summed E-state index contributed by atoms with van der Waals surface area (Å²) >= 11 is 6.37. The quantitative estimate of drug-likeness (QED) is 0.180. The number of ether oxygens (including phenoxy) is 1. The molecular formula is C30H27ClN2O4S. The van der Waals surface area contributed by atoms with Crippen molar-refractivity contribution in [3.8, 4) is 5.75 Å². The molecule has 1 heterocycles. The lowest BCUT2D eigenvalue weighted by atomic mass is 9.97. The zero-order chi connectivity index (χ0) is 27.2. The lowest BCUT2D eigenvalue weighted by Gasteiger charge is -2.19. The smallest absolute Gasteiger partial charge is 0.316 e. The number of benzene rings is 4. The lowest BCUT2D eigenvalue weighted by molar-refractivity contribution is -0.142. The van der Waals surface area contributed by atoms with Crippen LogP contribution in [-0.4, -0.2) is 18.4 Å². The second-order valence-electron chi connectivity index (χ2n) is 10.2. The number of nitrogens with zero attached hydrogens (tertiary/aromatic N) is 1. The summed E-state index contributed by atoms with van der Waals surface area (Å²) in [5, 5.41) is 4.99. The van der Waals surface area contributed by atoms with Gasteiger partial charge in [0.1, 0.15) is 5.52 Å². The minimum atomic E-state index is -4.08. The Hall–Kier alpha value is -3.81. The van der Waals surface area contributed by atoms with E-state index >= 15 is 0 Å². The molecule has 0 unspecified atom stereocenters. The number of esters is 1. The summed E-state index contributed by atoms with van der Waals surface area (Å²) in [7, 11) is -4.08. The predicted octanol–water partition coefficient (Wildman–Crippen LogP) is 7.69. The zero-order valence-corrected chi connectivity index (χ0v) is 23.0. The molecule has 0 saturated heterocycles. The number of anilines is 2. The Morgan fingerprint density at radius 3 is 2.21 bits per heavy atom. The number of fused-ring (bicyclic) bond motifs is 3. The van der Waals surface area contributed by atoms with Gasteiger partial charge in [0.15, 0.2) is 5.75 Å². The van der Waals surface area contributed by atoms with Gasteiger partial charge in [-0.1, -0.05) is 47.5 Å². The van der Waals surface area contributed by atoms with E-state index in [4.69, 9.17) is 16.3 Å². The van der Waals surface area contributed by atoms with Crippen LogP contribution in [0.5, 0.6) is 5.75 Å². The van der Waals surface area contributed by atoms with Gasteiger partial charge < -0.3 is 10.1 Å². The minimum Gasteiger partial charge on any atom is -0.424 e. The Morgan fingerprint density at radius 1 is 0.868 bits per heavy atom. The standard InChI is InChI=1S/C30H27ClN2O4S/c1-19-10-13-23(14-11-19)38(35,36)33-26-15-12-20(31)16-24(26)25-17-22(32-21-8-6-5-7-9-21)18-27(28(25)33)37-29(34)30(2,3)4/h5-18,32H,1-4H3. The van der Waals surface area contributed by atoms with E-state index in [0.717, 1.165) is 11.3 Å². The van der Waals surface area contributed by atoms with Crippen LogP contribution in [0.15, 0.2) is 89.8 Å². The van der Waals surface area contributed by atoms with Crippen molar-refractivity contribution in [3.63, 3.8) is 0 Å². The Balaban J connectivity index is 1.85. The third-order valence-electron chi connectivity index (χ3n) is 6.18. The van der Waals surface area contributed by atoms with Gasteiger partial charge in [0.2, 0.25) is 0 Å². The average Bonchev–Trinajstić information content (AvgIpc) is 3.19. The summed E-state index contributed by atoms with van der Waals surface area (Å²) in [5.74, 6) is -0.359. The van der Waals surface area contributed by atoms with Crippen LogP contribution in [0.25, 0.3) is 21.8 Å². The number of aryl methyl sites for hydroxylation is 1. The minimum absolute atomic E-state index is 0.122. The number of halogens is 1. The van der Waals surface area contributed by atoms with Crippen molar-refractivity contribution in [2.45, 2.75) is 32.6 Å². The van der Waals surface area contributed by atoms with Crippen LogP contribution < -0.4 is 10.1 Å². The first-order chi connectivity index (χ1) is 17.9. The highest BCUT2D eigenvalue weighted by Crippen LogP contribution is 2.41. The van der Waals surface area contributed by atoms with Crippen LogP contribution in [0.3, 0.4) is 0 Å². The Kier molecular flexibility index (Phi) is 6.45. The molecule has 194 valence electrons. The number of nitrogens with one attached hydrogen (secondary N) is 1.